The summed E-state index contributed by atoms with van der Waals surface area (Å²) in [6.07, 6.45) is 5.15. The predicted molar refractivity (Wildman–Crippen MR) is 103 cm³/mol. The normalized spacial score (nSPS) is 14.7. The molecule has 3 rings (SSSR count). The number of hydrogen-bond acceptors (Lipinski definition) is 5. The molecule has 1 aliphatic heterocycles. The molecule has 1 aromatic heterocycles. The van der Waals surface area contributed by atoms with Crippen LogP contribution in [0.25, 0.3) is 0 Å². The fourth-order valence-electron chi connectivity index (χ4n) is 3.15. The molecule has 0 atom stereocenters. The molecule has 0 bridgehead atoms. The number of nitrogens with zero attached hydrogens (tertiary/aromatic N) is 2. The van der Waals surface area contributed by atoms with Crippen LogP contribution < -0.4 is 10.1 Å². The lowest BCUT2D eigenvalue weighted by molar-refractivity contribution is -0.132. The third kappa shape index (κ3) is 5.56. The average molecular weight is 386 g/mol. The molecule has 8 heteroatoms. The van der Waals surface area contributed by atoms with E-state index < -0.39 is 0 Å². The van der Waals surface area contributed by atoms with Crippen LogP contribution in [0.4, 0.5) is 0 Å². The maximum atomic E-state index is 12.3. The highest BCUT2D eigenvalue weighted by Gasteiger charge is 2.24. The summed E-state index contributed by atoms with van der Waals surface area (Å²) in [5, 5.41) is 2.80. The van der Waals surface area contributed by atoms with Gasteiger partial charge < -0.3 is 24.7 Å². The molecule has 150 valence electrons. The Morgan fingerprint density at radius 3 is 2.86 bits per heavy atom. The zero-order valence-electron chi connectivity index (χ0n) is 16.0. The number of ether oxygens (including phenoxy) is 2. The van der Waals surface area contributed by atoms with Crippen molar-refractivity contribution in [3.63, 3.8) is 0 Å². The topological polar surface area (TPSA) is 96.6 Å². The Kier molecular flexibility index (Phi) is 7.02. The Hall–Kier alpha value is -2.87. The quantitative estimate of drug-likeness (QED) is 0.669. The third-order valence-electron chi connectivity index (χ3n) is 4.68. The lowest BCUT2D eigenvalue weighted by atomic mass is 10.1. The van der Waals surface area contributed by atoms with Crippen molar-refractivity contribution in [3.05, 3.63) is 48.0 Å². The van der Waals surface area contributed by atoms with E-state index in [0.717, 1.165) is 18.5 Å². The summed E-state index contributed by atoms with van der Waals surface area (Å²) in [6, 6.07) is 7.16. The number of H-pyrrole nitrogens is 1. The van der Waals surface area contributed by atoms with E-state index in [0.29, 0.717) is 44.0 Å². The van der Waals surface area contributed by atoms with Gasteiger partial charge in [-0.05, 0) is 18.2 Å². The lowest BCUT2D eigenvalue weighted by Gasteiger charge is -2.32. The molecule has 0 radical (unpaired) electrons. The fraction of sp³-hybridized carbons (Fsp3) is 0.450. The van der Waals surface area contributed by atoms with Crippen LogP contribution >= 0.6 is 0 Å². The highest BCUT2D eigenvalue weighted by Crippen LogP contribution is 2.20. The Labute approximate surface area is 164 Å². The molecule has 2 heterocycles. The third-order valence-corrected chi connectivity index (χ3v) is 4.68. The van der Waals surface area contributed by atoms with Crippen molar-refractivity contribution in [2.24, 2.45) is 0 Å². The first kappa shape index (κ1) is 19.9. The first-order valence-corrected chi connectivity index (χ1v) is 9.44. The van der Waals surface area contributed by atoms with E-state index in [9.17, 15) is 9.59 Å². The molecule has 0 saturated carbocycles. The average Bonchev–Trinajstić information content (AvgIpc) is 3.22. The molecular weight excluding hydrogens is 360 g/mol. The molecule has 0 aliphatic carbocycles. The van der Waals surface area contributed by atoms with Gasteiger partial charge in [0.05, 0.1) is 19.4 Å². The predicted octanol–water partition coefficient (Wildman–Crippen LogP) is 1.40. The van der Waals surface area contributed by atoms with Crippen LogP contribution in [0.15, 0.2) is 36.8 Å². The number of aromatic amines is 1. The Morgan fingerprint density at radius 1 is 1.32 bits per heavy atom. The number of benzene rings is 1. The van der Waals surface area contributed by atoms with Gasteiger partial charge in [0.2, 0.25) is 5.91 Å². The van der Waals surface area contributed by atoms with Gasteiger partial charge in [0.15, 0.2) is 0 Å². The molecule has 2 aromatic rings. The number of aromatic nitrogens is 2. The number of nitrogens with one attached hydrogen (secondary N) is 2. The van der Waals surface area contributed by atoms with E-state index in [1.165, 1.54) is 0 Å². The number of carbonyl (C=O) groups excluding carboxylic acids is 2. The van der Waals surface area contributed by atoms with Crippen LogP contribution in [-0.2, 0) is 16.0 Å². The van der Waals surface area contributed by atoms with E-state index in [1.807, 2.05) is 17.0 Å². The number of imidazole rings is 1. The Bertz CT molecular complexity index is 770. The van der Waals surface area contributed by atoms with Crippen LogP contribution in [0.5, 0.6) is 5.75 Å². The van der Waals surface area contributed by atoms with Gasteiger partial charge in [0.25, 0.3) is 5.91 Å². The Balaban J connectivity index is 1.47. The first-order valence-electron chi connectivity index (χ1n) is 9.44. The van der Waals surface area contributed by atoms with Crippen molar-refractivity contribution in [1.29, 1.82) is 0 Å². The van der Waals surface area contributed by atoms with Crippen LogP contribution in [0.3, 0.4) is 0 Å². The van der Waals surface area contributed by atoms with Gasteiger partial charge in [-0.2, -0.15) is 0 Å². The fourth-order valence-corrected chi connectivity index (χ4v) is 3.15. The van der Waals surface area contributed by atoms with Crippen molar-refractivity contribution in [2.45, 2.75) is 25.4 Å². The second kappa shape index (κ2) is 9.89. The van der Waals surface area contributed by atoms with Gasteiger partial charge in [0, 0.05) is 57.0 Å². The minimum absolute atomic E-state index is 0.0306. The summed E-state index contributed by atoms with van der Waals surface area (Å²) in [4.78, 5) is 33.2. The SMILES string of the molecule is COCCNC(=O)c1cccc(OC2CCN(C(=O)Cc3cnc[nH]3)CC2)c1. The summed E-state index contributed by atoms with van der Waals surface area (Å²) < 4.78 is 11.0. The van der Waals surface area contributed by atoms with E-state index in [4.69, 9.17) is 9.47 Å². The number of amides is 2. The molecule has 1 aliphatic rings. The zero-order valence-corrected chi connectivity index (χ0v) is 16.0. The number of rotatable bonds is 8. The highest BCUT2D eigenvalue weighted by atomic mass is 16.5. The molecule has 8 nitrogen and oxygen atoms in total. The maximum absolute atomic E-state index is 12.3. The van der Waals surface area contributed by atoms with Crippen molar-refractivity contribution in [2.75, 3.05) is 33.4 Å². The van der Waals surface area contributed by atoms with Crippen molar-refractivity contribution in [1.82, 2.24) is 20.2 Å². The summed E-state index contributed by atoms with van der Waals surface area (Å²) in [6.45, 7) is 2.26. The van der Waals surface area contributed by atoms with Crippen LogP contribution in [0.2, 0.25) is 0 Å². The second-order valence-electron chi connectivity index (χ2n) is 6.73. The van der Waals surface area contributed by atoms with Gasteiger partial charge in [-0.3, -0.25) is 9.59 Å². The van der Waals surface area contributed by atoms with E-state index >= 15 is 0 Å². The molecule has 0 spiro atoms. The molecule has 1 fully saturated rings. The maximum Gasteiger partial charge on any atom is 0.251 e. The van der Waals surface area contributed by atoms with Crippen LogP contribution in [-0.4, -0.2) is 66.1 Å². The van der Waals surface area contributed by atoms with Gasteiger partial charge in [0.1, 0.15) is 11.9 Å². The minimum atomic E-state index is -0.151. The number of piperidine rings is 1. The van der Waals surface area contributed by atoms with E-state index in [2.05, 4.69) is 15.3 Å². The molecule has 2 amide bonds. The number of methoxy groups -OCH3 is 1. The zero-order chi connectivity index (χ0) is 19.8. The van der Waals surface area contributed by atoms with Gasteiger partial charge in [-0.1, -0.05) is 6.07 Å². The highest BCUT2D eigenvalue weighted by molar-refractivity contribution is 5.94. The molecule has 1 saturated heterocycles. The van der Waals surface area contributed by atoms with Crippen LogP contribution in [0.1, 0.15) is 28.9 Å². The van der Waals surface area contributed by atoms with Crippen LogP contribution in [0, 0.1) is 0 Å². The van der Waals surface area contributed by atoms with E-state index in [-0.39, 0.29) is 17.9 Å². The van der Waals surface area contributed by atoms with E-state index in [1.54, 1.807) is 31.8 Å². The first-order chi connectivity index (χ1) is 13.7. The monoisotopic (exact) mass is 386 g/mol. The summed E-state index contributed by atoms with van der Waals surface area (Å²) in [5.74, 6) is 0.612. The van der Waals surface area contributed by atoms with Crippen molar-refractivity contribution >= 4 is 11.8 Å². The van der Waals surface area contributed by atoms with Crippen molar-refractivity contribution < 1.29 is 19.1 Å². The standard InChI is InChI=1S/C20H26N4O4/c1-27-10-7-22-20(26)15-3-2-4-18(11-15)28-17-5-8-24(9-6-17)19(25)12-16-13-21-14-23-16/h2-4,11,13-14,17H,5-10,12H2,1H3,(H,21,23)(H,22,26). The number of carbonyl (C=O) groups is 2. The largest absolute Gasteiger partial charge is 0.490 e. The molecule has 1 aromatic carbocycles. The minimum Gasteiger partial charge on any atom is -0.490 e. The van der Waals surface area contributed by atoms with Crippen molar-refractivity contribution in [3.8, 4) is 5.75 Å². The molecule has 28 heavy (non-hydrogen) atoms. The Morgan fingerprint density at radius 2 is 2.14 bits per heavy atom. The van der Waals surface area contributed by atoms with Gasteiger partial charge in [-0.25, -0.2) is 4.98 Å². The molecule has 0 unspecified atom stereocenters. The second-order valence-corrected chi connectivity index (χ2v) is 6.73. The molecular formula is C20H26N4O4. The van der Waals surface area contributed by atoms with Gasteiger partial charge in [-0.15, -0.1) is 0 Å². The summed E-state index contributed by atoms with van der Waals surface area (Å²) >= 11 is 0. The smallest absolute Gasteiger partial charge is 0.251 e. The molecule has 2 N–H and O–H groups in total. The number of hydrogen-bond donors (Lipinski definition) is 2. The number of likely N-dealkylation sites (tertiary alicyclic amines) is 1. The lowest BCUT2D eigenvalue weighted by Crippen LogP contribution is -2.42. The summed E-state index contributed by atoms with van der Waals surface area (Å²) in [5.41, 5.74) is 1.38. The summed E-state index contributed by atoms with van der Waals surface area (Å²) in [7, 11) is 1.59. The van der Waals surface area contributed by atoms with Gasteiger partial charge >= 0.3 is 0 Å².